The summed E-state index contributed by atoms with van der Waals surface area (Å²) in [5.74, 6) is 1.17. The molecule has 0 spiro atoms. The lowest BCUT2D eigenvalue weighted by molar-refractivity contribution is 0.364. The summed E-state index contributed by atoms with van der Waals surface area (Å²) in [7, 11) is -3.31. The molecule has 0 aliphatic heterocycles. The normalized spacial score (nSPS) is 21.7. The summed E-state index contributed by atoms with van der Waals surface area (Å²) in [5.41, 5.74) is 1.77. The average molecular weight is 396 g/mol. The third kappa shape index (κ3) is 4.13. The van der Waals surface area contributed by atoms with Crippen LogP contribution in [0.2, 0.25) is 5.15 Å². The van der Waals surface area contributed by atoms with Crippen LogP contribution in [0, 0.1) is 0 Å². The zero-order valence-electron chi connectivity index (χ0n) is 15.4. The molecule has 142 valence electrons. The number of imidazole rings is 1. The fourth-order valence-electron chi connectivity index (χ4n) is 3.23. The summed E-state index contributed by atoms with van der Waals surface area (Å²) >= 11 is 6.35. The summed E-state index contributed by atoms with van der Waals surface area (Å²) < 4.78 is 26.7. The van der Waals surface area contributed by atoms with Crippen molar-refractivity contribution >= 4 is 21.6 Å². The van der Waals surface area contributed by atoms with E-state index in [9.17, 15) is 8.42 Å². The fraction of sp³-hybridized carbons (Fsp3) is 0.526. The van der Waals surface area contributed by atoms with Crippen LogP contribution in [0.1, 0.15) is 58.2 Å². The molecule has 5 nitrogen and oxygen atoms in total. The lowest BCUT2D eigenvalue weighted by Gasteiger charge is -2.30. The van der Waals surface area contributed by atoms with Gasteiger partial charge in [0.05, 0.1) is 4.75 Å². The van der Waals surface area contributed by atoms with Gasteiger partial charge in [0.1, 0.15) is 16.7 Å². The Morgan fingerprint density at radius 2 is 1.73 bits per heavy atom. The molecule has 1 fully saturated rings. The van der Waals surface area contributed by atoms with E-state index < -0.39 is 14.8 Å². The monoisotopic (exact) mass is 395 g/mol. The molecule has 26 heavy (non-hydrogen) atoms. The van der Waals surface area contributed by atoms with Crippen LogP contribution in [0.5, 0.6) is 0 Å². The molecule has 0 bridgehead atoms. The molecular formula is C19H26ClN3O2S. The van der Waals surface area contributed by atoms with Crippen molar-refractivity contribution < 1.29 is 8.42 Å². The number of aromatic amines is 1. The minimum Gasteiger partial charge on any atom is -0.332 e. The highest BCUT2D eigenvalue weighted by molar-refractivity contribution is 7.90. The maximum atomic E-state index is 12.3. The summed E-state index contributed by atoms with van der Waals surface area (Å²) in [5, 5.41) is 0.557. The molecule has 0 saturated heterocycles. The van der Waals surface area contributed by atoms with Crippen LogP contribution in [0.15, 0.2) is 30.3 Å². The van der Waals surface area contributed by atoms with Crippen molar-refractivity contribution in [2.45, 2.75) is 63.2 Å². The second-order valence-corrected chi connectivity index (χ2v) is 10.8. The number of sulfonamides is 1. The predicted molar refractivity (Wildman–Crippen MR) is 106 cm³/mol. The van der Waals surface area contributed by atoms with E-state index in [0.29, 0.717) is 5.15 Å². The van der Waals surface area contributed by atoms with E-state index in [1.54, 1.807) is 20.8 Å². The third-order valence-corrected chi connectivity index (χ3v) is 7.50. The molecule has 3 rings (SSSR count). The number of aromatic nitrogens is 2. The molecule has 0 amide bonds. The number of halogens is 1. The van der Waals surface area contributed by atoms with Gasteiger partial charge < -0.3 is 4.98 Å². The molecule has 7 heteroatoms. The Balaban J connectivity index is 1.66. The lowest BCUT2D eigenvalue weighted by atomic mass is 9.86. The van der Waals surface area contributed by atoms with Crippen molar-refractivity contribution in [2.24, 2.45) is 0 Å². The first kappa shape index (κ1) is 19.4. The smallest absolute Gasteiger partial charge is 0.216 e. The standard InChI is InChI=1S/C19H26ClN3O2S/c1-19(2,3)26(24,25)23-15-11-9-14(10-12-15)18-21-16(17(20)22-18)13-7-5-4-6-8-13/h4-8,14-15,23H,9-12H2,1-3H3,(H,21,22)/t14-,15-. The second kappa shape index (κ2) is 7.33. The number of hydrogen-bond acceptors (Lipinski definition) is 3. The maximum absolute atomic E-state index is 12.3. The highest BCUT2D eigenvalue weighted by Crippen LogP contribution is 2.35. The summed E-state index contributed by atoms with van der Waals surface area (Å²) in [6, 6.07) is 9.87. The molecule has 1 aliphatic rings. The van der Waals surface area contributed by atoms with Crippen LogP contribution in [-0.2, 0) is 10.0 Å². The number of nitrogens with one attached hydrogen (secondary N) is 2. The number of nitrogens with zero attached hydrogens (tertiary/aromatic N) is 1. The van der Waals surface area contributed by atoms with Gasteiger partial charge in [-0.1, -0.05) is 41.9 Å². The zero-order valence-corrected chi connectivity index (χ0v) is 17.0. The van der Waals surface area contributed by atoms with Gasteiger partial charge in [-0.3, -0.25) is 0 Å². The number of hydrogen-bond donors (Lipinski definition) is 2. The Bertz CT molecular complexity index is 849. The predicted octanol–water partition coefficient (Wildman–Crippen LogP) is 4.47. The summed E-state index contributed by atoms with van der Waals surface area (Å²) in [4.78, 5) is 7.93. The second-order valence-electron chi connectivity index (χ2n) is 7.93. The van der Waals surface area contributed by atoms with E-state index >= 15 is 0 Å². The van der Waals surface area contributed by atoms with Gasteiger partial charge in [0.25, 0.3) is 0 Å². The van der Waals surface area contributed by atoms with Crippen LogP contribution in [0.4, 0.5) is 0 Å². The van der Waals surface area contributed by atoms with E-state index in [4.69, 9.17) is 16.6 Å². The van der Waals surface area contributed by atoms with E-state index in [2.05, 4.69) is 9.71 Å². The van der Waals surface area contributed by atoms with Gasteiger partial charge in [0, 0.05) is 17.5 Å². The topological polar surface area (TPSA) is 74.8 Å². The Morgan fingerprint density at radius 3 is 2.31 bits per heavy atom. The van der Waals surface area contributed by atoms with Crippen LogP contribution < -0.4 is 4.72 Å². The van der Waals surface area contributed by atoms with Gasteiger partial charge in [-0.05, 0) is 46.5 Å². The molecule has 1 aromatic carbocycles. The zero-order chi connectivity index (χ0) is 18.9. The minimum absolute atomic E-state index is 0.00509. The highest BCUT2D eigenvalue weighted by Gasteiger charge is 2.33. The Morgan fingerprint density at radius 1 is 1.12 bits per heavy atom. The van der Waals surface area contributed by atoms with Crippen molar-refractivity contribution in [1.82, 2.24) is 14.7 Å². The Kier molecular flexibility index (Phi) is 5.47. The van der Waals surface area contributed by atoms with Crippen LogP contribution in [0.25, 0.3) is 11.3 Å². The van der Waals surface area contributed by atoms with Gasteiger partial charge in [-0.2, -0.15) is 0 Å². The van der Waals surface area contributed by atoms with Crippen molar-refractivity contribution in [1.29, 1.82) is 0 Å². The largest absolute Gasteiger partial charge is 0.332 e. The summed E-state index contributed by atoms with van der Waals surface area (Å²) in [6.07, 6.45) is 3.38. The van der Waals surface area contributed by atoms with Crippen LogP contribution in [-0.4, -0.2) is 29.2 Å². The van der Waals surface area contributed by atoms with E-state index in [1.165, 1.54) is 0 Å². The molecular weight excluding hydrogens is 370 g/mol. The first-order valence-electron chi connectivity index (χ1n) is 9.00. The Labute approximate surface area is 160 Å². The first-order valence-corrected chi connectivity index (χ1v) is 10.9. The Hall–Kier alpha value is -1.37. The molecule has 1 aromatic heterocycles. The van der Waals surface area contributed by atoms with Crippen molar-refractivity contribution in [3.63, 3.8) is 0 Å². The third-order valence-electron chi connectivity index (χ3n) is 4.97. The molecule has 2 aromatic rings. The molecule has 1 saturated carbocycles. The lowest BCUT2D eigenvalue weighted by Crippen LogP contribution is -2.45. The minimum atomic E-state index is -3.31. The maximum Gasteiger partial charge on any atom is 0.216 e. The molecule has 1 heterocycles. The molecule has 1 aliphatic carbocycles. The van der Waals surface area contributed by atoms with Gasteiger partial charge in [0.15, 0.2) is 0 Å². The molecule has 0 radical (unpaired) electrons. The summed E-state index contributed by atoms with van der Waals surface area (Å²) in [6.45, 7) is 5.16. The quantitative estimate of drug-likeness (QED) is 0.801. The van der Waals surface area contributed by atoms with Gasteiger partial charge >= 0.3 is 0 Å². The number of rotatable bonds is 4. The van der Waals surface area contributed by atoms with Gasteiger partial charge in [-0.25, -0.2) is 18.1 Å². The number of H-pyrrole nitrogens is 1. The highest BCUT2D eigenvalue weighted by atomic mass is 35.5. The first-order chi connectivity index (χ1) is 12.2. The molecule has 0 unspecified atom stereocenters. The molecule has 0 atom stereocenters. The van der Waals surface area contributed by atoms with Crippen molar-refractivity contribution in [3.8, 4) is 11.3 Å². The SMILES string of the molecule is CC(C)(C)S(=O)(=O)N[C@H]1CC[C@H](c2nc(-c3ccccc3)c(Cl)[nH]2)CC1. The van der Waals surface area contributed by atoms with Crippen LogP contribution >= 0.6 is 11.6 Å². The van der Waals surface area contributed by atoms with Gasteiger partial charge in [0.2, 0.25) is 10.0 Å². The average Bonchev–Trinajstić information content (AvgIpc) is 2.97. The van der Waals surface area contributed by atoms with E-state index in [0.717, 1.165) is 42.8 Å². The van der Waals surface area contributed by atoms with E-state index in [1.807, 2.05) is 30.3 Å². The van der Waals surface area contributed by atoms with Crippen LogP contribution in [0.3, 0.4) is 0 Å². The van der Waals surface area contributed by atoms with Crippen molar-refractivity contribution in [3.05, 3.63) is 41.3 Å². The number of benzene rings is 1. The molecule has 2 N–H and O–H groups in total. The van der Waals surface area contributed by atoms with Gasteiger partial charge in [-0.15, -0.1) is 0 Å². The fourth-order valence-corrected chi connectivity index (χ4v) is 4.51. The van der Waals surface area contributed by atoms with E-state index in [-0.39, 0.29) is 12.0 Å². The van der Waals surface area contributed by atoms with Crippen molar-refractivity contribution in [2.75, 3.05) is 0 Å².